The molecule has 28 heavy (non-hydrogen) atoms. The van der Waals surface area contributed by atoms with Gasteiger partial charge in [0.1, 0.15) is 5.56 Å². The minimum absolute atomic E-state index is 0.00275. The van der Waals surface area contributed by atoms with Gasteiger partial charge in [-0.15, -0.1) is 10.2 Å². The molecule has 0 spiro atoms. The highest BCUT2D eigenvalue weighted by molar-refractivity contribution is 6.33. The molecule has 0 radical (unpaired) electrons. The number of para-hydroxylation sites is 1. The minimum Gasteiger partial charge on any atom is -0.419 e. The van der Waals surface area contributed by atoms with E-state index in [1.807, 2.05) is 0 Å². The lowest BCUT2D eigenvalue weighted by atomic mass is 10.1. The van der Waals surface area contributed by atoms with Gasteiger partial charge < -0.3 is 9.32 Å². The van der Waals surface area contributed by atoms with Crippen LogP contribution in [0.25, 0.3) is 11.5 Å². The van der Waals surface area contributed by atoms with E-state index in [0.29, 0.717) is 10.6 Å². The molecule has 1 saturated carbocycles. The average molecular weight is 399 g/mol. The van der Waals surface area contributed by atoms with Gasteiger partial charge >= 0.3 is 0 Å². The zero-order valence-electron chi connectivity index (χ0n) is 14.6. The van der Waals surface area contributed by atoms with Crippen LogP contribution in [0.1, 0.15) is 29.1 Å². The molecule has 3 aromatic rings. The molecule has 9 heteroatoms. The number of nitrogens with zero attached hydrogens (tertiary/aromatic N) is 4. The molecule has 1 aliphatic rings. The van der Waals surface area contributed by atoms with Crippen LogP contribution in [0.15, 0.2) is 52.9 Å². The minimum atomic E-state index is -0.555. The van der Waals surface area contributed by atoms with E-state index in [0.717, 1.165) is 12.8 Å². The number of halogens is 1. The van der Waals surface area contributed by atoms with Gasteiger partial charge in [-0.05, 0) is 31.0 Å². The van der Waals surface area contributed by atoms with Crippen LogP contribution in [0.2, 0.25) is 5.02 Å². The van der Waals surface area contributed by atoms with Crippen molar-refractivity contribution in [1.29, 1.82) is 0 Å². The SMILES string of the molecule is O=C(c1ccccc1[N+](=O)[O-])N(Cc1nnc(-c2ccccc2Cl)o1)C1CC1. The highest BCUT2D eigenvalue weighted by Crippen LogP contribution is 2.32. The van der Waals surface area contributed by atoms with Gasteiger partial charge in [0.2, 0.25) is 11.8 Å². The number of carbonyl (C=O) groups is 1. The highest BCUT2D eigenvalue weighted by Gasteiger charge is 2.36. The van der Waals surface area contributed by atoms with Gasteiger partial charge in [0.25, 0.3) is 11.6 Å². The monoisotopic (exact) mass is 398 g/mol. The molecule has 4 rings (SSSR count). The second-order valence-electron chi connectivity index (χ2n) is 6.42. The van der Waals surface area contributed by atoms with Crippen LogP contribution in [0.5, 0.6) is 0 Å². The van der Waals surface area contributed by atoms with Crippen molar-refractivity contribution >= 4 is 23.2 Å². The first-order chi connectivity index (χ1) is 13.5. The Morgan fingerprint density at radius 3 is 2.61 bits per heavy atom. The smallest absolute Gasteiger partial charge is 0.282 e. The lowest BCUT2D eigenvalue weighted by Crippen LogP contribution is -2.33. The van der Waals surface area contributed by atoms with E-state index in [4.69, 9.17) is 16.0 Å². The van der Waals surface area contributed by atoms with Crippen molar-refractivity contribution in [3.8, 4) is 11.5 Å². The molecule has 0 unspecified atom stereocenters. The number of hydrogen-bond donors (Lipinski definition) is 0. The third-order valence-electron chi connectivity index (χ3n) is 4.46. The first-order valence-corrected chi connectivity index (χ1v) is 9.04. The molecule has 1 amide bonds. The molecule has 0 bridgehead atoms. The van der Waals surface area contributed by atoms with Gasteiger partial charge in [-0.1, -0.05) is 35.9 Å². The van der Waals surface area contributed by atoms with Crippen molar-refractivity contribution in [2.75, 3.05) is 0 Å². The molecule has 1 fully saturated rings. The Kier molecular flexibility index (Phi) is 4.79. The van der Waals surface area contributed by atoms with Gasteiger partial charge in [-0.25, -0.2) is 0 Å². The van der Waals surface area contributed by atoms with Crippen molar-refractivity contribution in [2.24, 2.45) is 0 Å². The first-order valence-electron chi connectivity index (χ1n) is 8.66. The summed E-state index contributed by atoms with van der Waals surface area (Å²) in [5.41, 5.74) is 0.427. The Hall–Kier alpha value is -3.26. The molecular weight excluding hydrogens is 384 g/mol. The van der Waals surface area contributed by atoms with Crippen LogP contribution in [0.4, 0.5) is 5.69 Å². The zero-order chi connectivity index (χ0) is 19.7. The Balaban J connectivity index is 1.60. The van der Waals surface area contributed by atoms with Crippen molar-refractivity contribution in [1.82, 2.24) is 15.1 Å². The summed E-state index contributed by atoms with van der Waals surface area (Å²) in [7, 11) is 0. The number of carbonyl (C=O) groups excluding carboxylic acids is 1. The number of aromatic nitrogens is 2. The van der Waals surface area contributed by atoms with Crippen LogP contribution in [-0.4, -0.2) is 32.0 Å². The number of benzene rings is 2. The fourth-order valence-electron chi connectivity index (χ4n) is 2.93. The van der Waals surface area contributed by atoms with E-state index in [2.05, 4.69) is 10.2 Å². The molecule has 0 N–H and O–H groups in total. The van der Waals surface area contributed by atoms with Crippen molar-refractivity contribution in [3.05, 3.63) is 75.1 Å². The fraction of sp³-hybridized carbons (Fsp3) is 0.211. The lowest BCUT2D eigenvalue weighted by molar-refractivity contribution is -0.385. The van der Waals surface area contributed by atoms with E-state index in [9.17, 15) is 14.9 Å². The topological polar surface area (TPSA) is 102 Å². The summed E-state index contributed by atoms with van der Waals surface area (Å²) < 4.78 is 5.69. The summed E-state index contributed by atoms with van der Waals surface area (Å²) in [6, 6.07) is 13.0. The maximum Gasteiger partial charge on any atom is 0.282 e. The standard InChI is InChI=1S/C19H15ClN4O4/c20-15-7-3-1-5-13(15)18-22-21-17(28-18)11-23(12-9-10-12)19(25)14-6-2-4-8-16(14)24(26)27/h1-8,12H,9-11H2. The Bertz CT molecular complexity index is 1050. The summed E-state index contributed by atoms with van der Waals surface area (Å²) in [5, 5.41) is 19.8. The lowest BCUT2D eigenvalue weighted by Gasteiger charge is -2.20. The first kappa shape index (κ1) is 18.1. The van der Waals surface area contributed by atoms with Gasteiger partial charge in [0.05, 0.1) is 22.1 Å². The van der Waals surface area contributed by atoms with E-state index in [1.54, 1.807) is 35.2 Å². The Morgan fingerprint density at radius 2 is 1.89 bits per heavy atom. The zero-order valence-corrected chi connectivity index (χ0v) is 15.4. The Labute approximate surface area is 164 Å². The van der Waals surface area contributed by atoms with Gasteiger partial charge in [-0.2, -0.15) is 0 Å². The third kappa shape index (κ3) is 3.59. The number of amides is 1. The molecule has 0 aliphatic heterocycles. The number of nitro benzene ring substituents is 1. The van der Waals surface area contributed by atoms with Crippen LogP contribution >= 0.6 is 11.6 Å². The molecule has 2 aromatic carbocycles. The second-order valence-corrected chi connectivity index (χ2v) is 6.83. The summed E-state index contributed by atoms with van der Waals surface area (Å²) in [5.74, 6) is 0.0792. The predicted molar refractivity (Wildman–Crippen MR) is 101 cm³/mol. The fourth-order valence-corrected chi connectivity index (χ4v) is 3.14. The van der Waals surface area contributed by atoms with Gasteiger partial charge in [0, 0.05) is 12.1 Å². The van der Waals surface area contributed by atoms with E-state index < -0.39 is 10.8 Å². The van der Waals surface area contributed by atoms with E-state index in [-0.39, 0.29) is 35.6 Å². The summed E-state index contributed by atoms with van der Waals surface area (Å²) in [4.78, 5) is 25.3. The molecular formula is C19H15ClN4O4. The molecule has 1 aromatic heterocycles. The quantitative estimate of drug-likeness (QED) is 0.457. The maximum absolute atomic E-state index is 13.0. The Morgan fingerprint density at radius 1 is 1.18 bits per heavy atom. The van der Waals surface area contributed by atoms with Crippen molar-refractivity contribution in [3.63, 3.8) is 0 Å². The molecule has 8 nitrogen and oxygen atoms in total. The number of hydrogen-bond acceptors (Lipinski definition) is 6. The summed E-state index contributed by atoms with van der Waals surface area (Å²) in [6.45, 7) is 0.0764. The van der Waals surface area contributed by atoms with E-state index >= 15 is 0 Å². The molecule has 142 valence electrons. The molecule has 1 heterocycles. The normalized spacial score (nSPS) is 13.3. The third-order valence-corrected chi connectivity index (χ3v) is 4.79. The largest absolute Gasteiger partial charge is 0.419 e. The maximum atomic E-state index is 13.0. The number of rotatable bonds is 6. The van der Waals surface area contributed by atoms with Gasteiger partial charge in [0.15, 0.2) is 0 Å². The molecule has 0 atom stereocenters. The number of nitro groups is 1. The van der Waals surface area contributed by atoms with E-state index in [1.165, 1.54) is 18.2 Å². The second kappa shape index (κ2) is 7.40. The van der Waals surface area contributed by atoms with Crippen LogP contribution in [-0.2, 0) is 6.54 Å². The summed E-state index contributed by atoms with van der Waals surface area (Å²) in [6.07, 6.45) is 1.66. The predicted octanol–water partition coefficient (Wildman–Crippen LogP) is 4.10. The van der Waals surface area contributed by atoms with Crippen molar-refractivity contribution in [2.45, 2.75) is 25.4 Å². The molecule has 1 aliphatic carbocycles. The van der Waals surface area contributed by atoms with Crippen LogP contribution in [0.3, 0.4) is 0 Å². The van der Waals surface area contributed by atoms with Gasteiger partial charge in [-0.3, -0.25) is 14.9 Å². The average Bonchev–Trinajstić information content (AvgIpc) is 3.44. The summed E-state index contributed by atoms with van der Waals surface area (Å²) >= 11 is 6.16. The molecule has 0 saturated heterocycles. The van der Waals surface area contributed by atoms with Crippen molar-refractivity contribution < 1.29 is 14.1 Å². The van der Waals surface area contributed by atoms with Crippen LogP contribution < -0.4 is 0 Å². The van der Waals surface area contributed by atoms with Crippen LogP contribution in [0, 0.1) is 10.1 Å². The highest BCUT2D eigenvalue weighted by atomic mass is 35.5.